The highest BCUT2D eigenvalue weighted by molar-refractivity contribution is 5.90. The van der Waals surface area contributed by atoms with E-state index < -0.39 is 17.9 Å². The molecule has 0 bridgehead atoms. The molecule has 148 valence electrons. The van der Waals surface area contributed by atoms with Crippen molar-refractivity contribution >= 4 is 22.6 Å². The summed E-state index contributed by atoms with van der Waals surface area (Å²) in [6.45, 7) is 0.568. The average molecular weight is 396 g/mol. The van der Waals surface area contributed by atoms with Gasteiger partial charge in [-0.1, -0.05) is 0 Å². The Hall–Kier alpha value is -3.30. The number of pyridine rings is 2. The standard InChI is InChI=1S/C20H17FN4O4/c1-23-5-10-8-2-14(22)13(21)4-15(8)24-17-11(10)6-25-16(17)3-9-12(19(25)27)7-29-20(28)18(9)26/h2-4,18,23,26H,5-7,22H2,1H3. The number of halogens is 1. The molecule has 2 aromatic heterocycles. The van der Waals surface area contributed by atoms with Crippen LogP contribution in [0, 0.1) is 5.82 Å². The highest BCUT2D eigenvalue weighted by atomic mass is 19.1. The minimum Gasteiger partial charge on any atom is -0.458 e. The number of aliphatic hydroxyl groups is 1. The molecule has 1 unspecified atom stereocenters. The van der Waals surface area contributed by atoms with E-state index in [2.05, 4.69) is 10.3 Å². The molecule has 4 N–H and O–H groups in total. The summed E-state index contributed by atoms with van der Waals surface area (Å²) in [5.41, 5.74) is 9.04. The molecule has 0 aliphatic carbocycles. The Morgan fingerprint density at radius 1 is 1.34 bits per heavy atom. The zero-order chi connectivity index (χ0) is 20.4. The Kier molecular flexibility index (Phi) is 3.74. The quantitative estimate of drug-likeness (QED) is 0.341. The number of hydrogen-bond acceptors (Lipinski definition) is 7. The predicted octanol–water partition coefficient (Wildman–Crippen LogP) is 0.956. The van der Waals surface area contributed by atoms with Crippen molar-refractivity contribution in [3.63, 3.8) is 0 Å². The number of carbonyl (C=O) groups is 1. The molecule has 0 radical (unpaired) electrons. The third kappa shape index (κ3) is 2.41. The van der Waals surface area contributed by atoms with E-state index in [9.17, 15) is 19.1 Å². The van der Waals surface area contributed by atoms with Crippen LogP contribution in [0.4, 0.5) is 10.1 Å². The smallest absolute Gasteiger partial charge is 0.340 e. The number of rotatable bonds is 2. The lowest BCUT2D eigenvalue weighted by molar-refractivity contribution is -0.157. The van der Waals surface area contributed by atoms with Gasteiger partial charge in [0.15, 0.2) is 6.10 Å². The number of hydrogen-bond donors (Lipinski definition) is 3. The van der Waals surface area contributed by atoms with Gasteiger partial charge in [0.2, 0.25) is 0 Å². The van der Waals surface area contributed by atoms with Crippen molar-refractivity contribution < 1.29 is 19.0 Å². The van der Waals surface area contributed by atoms with Crippen molar-refractivity contribution in [2.75, 3.05) is 12.8 Å². The lowest BCUT2D eigenvalue weighted by atomic mass is 9.98. The molecular formula is C20H17FN4O4. The van der Waals surface area contributed by atoms with E-state index in [0.29, 0.717) is 28.8 Å². The summed E-state index contributed by atoms with van der Waals surface area (Å²) in [6.07, 6.45) is -1.52. The number of nitrogens with one attached hydrogen (secondary N) is 1. The van der Waals surface area contributed by atoms with Gasteiger partial charge in [0.05, 0.1) is 34.7 Å². The number of cyclic esters (lactones) is 1. The molecular weight excluding hydrogens is 379 g/mol. The van der Waals surface area contributed by atoms with Crippen LogP contribution in [-0.4, -0.2) is 27.7 Å². The van der Waals surface area contributed by atoms with Crippen LogP contribution in [0.25, 0.3) is 22.3 Å². The van der Waals surface area contributed by atoms with Gasteiger partial charge in [-0.15, -0.1) is 0 Å². The van der Waals surface area contributed by atoms with Gasteiger partial charge >= 0.3 is 5.97 Å². The Morgan fingerprint density at radius 2 is 2.14 bits per heavy atom. The zero-order valence-corrected chi connectivity index (χ0v) is 15.5. The van der Waals surface area contributed by atoms with Crippen molar-refractivity contribution in [1.82, 2.24) is 14.9 Å². The van der Waals surface area contributed by atoms with Crippen molar-refractivity contribution in [2.24, 2.45) is 0 Å². The Bertz CT molecular complexity index is 1280. The third-order valence-corrected chi connectivity index (χ3v) is 5.55. The number of nitrogens with two attached hydrogens (primary N) is 1. The first kappa shape index (κ1) is 17.8. The van der Waals surface area contributed by atoms with E-state index in [1.807, 2.05) is 0 Å². The molecule has 4 heterocycles. The number of carbonyl (C=O) groups excluding carboxylic acids is 1. The van der Waals surface area contributed by atoms with Crippen LogP contribution >= 0.6 is 0 Å². The van der Waals surface area contributed by atoms with E-state index in [1.54, 1.807) is 23.7 Å². The fraction of sp³-hybridized carbons (Fsp3) is 0.250. The zero-order valence-electron chi connectivity index (χ0n) is 15.5. The van der Waals surface area contributed by atoms with E-state index in [0.717, 1.165) is 11.1 Å². The maximum atomic E-state index is 14.1. The molecule has 1 aromatic carbocycles. The molecule has 0 fully saturated rings. The maximum Gasteiger partial charge on any atom is 0.340 e. The molecule has 29 heavy (non-hydrogen) atoms. The Balaban J connectivity index is 1.83. The molecule has 0 spiro atoms. The summed E-state index contributed by atoms with van der Waals surface area (Å²) < 4.78 is 20.5. The molecule has 5 rings (SSSR count). The van der Waals surface area contributed by atoms with Crippen molar-refractivity contribution in [2.45, 2.75) is 25.8 Å². The summed E-state index contributed by atoms with van der Waals surface area (Å²) in [5, 5.41) is 14.0. The van der Waals surface area contributed by atoms with Gasteiger partial charge in [-0.05, 0) is 24.7 Å². The van der Waals surface area contributed by atoms with Gasteiger partial charge in [0.1, 0.15) is 12.4 Å². The highest BCUT2D eigenvalue weighted by Crippen LogP contribution is 2.38. The van der Waals surface area contributed by atoms with E-state index >= 15 is 0 Å². The number of nitrogens with zero attached hydrogens (tertiary/aromatic N) is 2. The van der Waals surface area contributed by atoms with Gasteiger partial charge in [0.25, 0.3) is 5.56 Å². The molecule has 0 amide bonds. The number of esters is 1. The van der Waals surface area contributed by atoms with Crippen LogP contribution < -0.4 is 16.6 Å². The highest BCUT2D eigenvalue weighted by Gasteiger charge is 2.34. The summed E-state index contributed by atoms with van der Waals surface area (Å²) in [6, 6.07) is 4.43. The second kappa shape index (κ2) is 6.10. The minimum atomic E-state index is -1.52. The van der Waals surface area contributed by atoms with Gasteiger partial charge in [-0.3, -0.25) is 4.79 Å². The summed E-state index contributed by atoms with van der Waals surface area (Å²) in [5.74, 6) is -1.36. The number of aromatic nitrogens is 2. The molecule has 8 nitrogen and oxygen atoms in total. The van der Waals surface area contributed by atoms with Crippen molar-refractivity contribution in [3.8, 4) is 11.4 Å². The second-order valence-corrected chi connectivity index (χ2v) is 7.20. The van der Waals surface area contributed by atoms with E-state index in [4.69, 9.17) is 10.5 Å². The monoisotopic (exact) mass is 396 g/mol. The van der Waals surface area contributed by atoms with Crippen LogP contribution in [0.5, 0.6) is 0 Å². The lowest BCUT2D eigenvalue weighted by Crippen LogP contribution is -2.32. The van der Waals surface area contributed by atoms with Gasteiger partial charge in [-0.2, -0.15) is 0 Å². The first-order valence-corrected chi connectivity index (χ1v) is 9.07. The van der Waals surface area contributed by atoms with Crippen LogP contribution in [0.15, 0.2) is 23.0 Å². The van der Waals surface area contributed by atoms with Crippen LogP contribution in [0.3, 0.4) is 0 Å². The lowest BCUT2D eigenvalue weighted by Gasteiger charge is -2.21. The number of fused-ring (bicyclic) bond motifs is 5. The van der Waals surface area contributed by atoms with E-state index in [-0.39, 0.29) is 35.5 Å². The maximum absolute atomic E-state index is 14.1. The molecule has 0 saturated carbocycles. The topological polar surface area (TPSA) is 119 Å². The molecule has 2 aliphatic heterocycles. The van der Waals surface area contributed by atoms with E-state index in [1.165, 1.54) is 6.07 Å². The number of benzene rings is 1. The minimum absolute atomic E-state index is 0.0264. The predicted molar refractivity (Wildman–Crippen MR) is 102 cm³/mol. The molecule has 2 aliphatic rings. The van der Waals surface area contributed by atoms with Crippen LogP contribution in [-0.2, 0) is 29.2 Å². The summed E-state index contributed by atoms with van der Waals surface area (Å²) >= 11 is 0. The third-order valence-electron chi connectivity index (χ3n) is 5.55. The van der Waals surface area contributed by atoms with Crippen LogP contribution in [0.2, 0.25) is 0 Å². The molecule has 1 atom stereocenters. The number of ether oxygens (including phenoxy) is 1. The molecule has 9 heteroatoms. The second-order valence-electron chi connectivity index (χ2n) is 7.20. The summed E-state index contributed by atoms with van der Waals surface area (Å²) in [7, 11) is 1.79. The molecule has 0 saturated heterocycles. The number of anilines is 1. The molecule has 3 aromatic rings. The average Bonchev–Trinajstić information content (AvgIpc) is 3.05. The number of aliphatic hydroxyl groups excluding tert-OH is 1. The fourth-order valence-corrected chi connectivity index (χ4v) is 4.13. The van der Waals surface area contributed by atoms with Crippen LogP contribution in [0.1, 0.15) is 28.4 Å². The number of nitrogen functional groups attached to an aromatic ring is 1. The normalized spacial score (nSPS) is 17.1. The summed E-state index contributed by atoms with van der Waals surface area (Å²) in [4.78, 5) is 29.4. The SMILES string of the molecule is CNCc1c2c(nc3cc(F)c(N)cc13)-c1cc3c(c(=O)n1C2)COC(=O)C3O. The Labute approximate surface area is 163 Å². The van der Waals surface area contributed by atoms with Gasteiger partial charge < -0.3 is 25.5 Å². The van der Waals surface area contributed by atoms with Gasteiger partial charge in [0, 0.05) is 29.1 Å². The Morgan fingerprint density at radius 3 is 2.90 bits per heavy atom. The first-order chi connectivity index (χ1) is 13.9. The van der Waals surface area contributed by atoms with Crippen molar-refractivity contribution in [1.29, 1.82) is 0 Å². The van der Waals surface area contributed by atoms with Gasteiger partial charge in [-0.25, -0.2) is 14.2 Å². The first-order valence-electron chi connectivity index (χ1n) is 9.07. The van der Waals surface area contributed by atoms with Crippen molar-refractivity contribution in [3.05, 3.63) is 56.6 Å². The fourth-order valence-electron chi connectivity index (χ4n) is 4.13. The largest absolute Gasteiger partial charge is 0.458 e.